The lowest BCUT2D eigenvalue weighted by Crippen LogP contribution is -2.47. The number of carbonyl (C=O) groups excluding carboxylic acids is 1. The number of carbonyl (C=O) groups is 1. The Morgan fingerprint density at radius 1 is 1.53 bits per heavy atom. The Labute approximate surface area is 104 Å². The number of unbranched alkanes of at least 4 members (excludes halogenated alkanes) is 1. The molecule has 1 atom stereocenters. The summed E-state index contributed by atoms with van der Waals surface area (Å²) in [5.74, 6) is 0.0816. The Balaban J connectivity index is 2.31. The van der Waals surface area contributed by atoms with Gasteiger partial charge in [-0.3, -0.25) is 4.79 Å². The molecule has 4 heteroatoms. The maximum atomic E-state index is 11.9. The normalized spacial score (nSPS) is 19.5. The van der Waals surface area contributed by atoms with Crippen molar-refractivity contribution in [1.29, 1.82) is 0 Å². The molecule has 0 aromatic rings. The molecule has 0 aromatic carbocycles. The summed E-state index contributed by atoms with van der Waals surface area (Å²) < 4.78 is 5.45. The predicted molar refractivity (Wildman–Crippen MR) is 68.7 cm³/mol. The number of nitrogens with two attached hydrogens (primary N) is 1. The van der Waals surface area contributed by atoms with Crippen molar-refractivity contribution < 1.29 is 9.53 Å². The van der Waals surface area contributed by atoms with E-state index in [0.29, 0.717) is 13.0 Å². The van der Waals surface area contributed by atoms with Gasteiger partial charge in [-0.15, -0.1) is 0 Å². The predicted octanol–water partition coefficient (Wildman–Crippen LogP) is 1.58. The largest absolute Gasteiger partial charge is 0.378 e. The van der Waals surface area contributed by atoms with Crippen LogP contribution in [0.4, 0.5) is 0 Å². The average molecular weight is 242 g/mol. The summed E-state index contributed by atoms with van der Waals surface area (Å²) in [4.78, 5) is 11.9. The molecular weight excluding hydrogens is 216 g/mol. The van der Waals surface area contributed by atoms with Crippen molar-refractivity contribution in [2.75, 3.05) is 13.7 Å². The van der Waals surface area contributed by atoms with Gasteiger partial charge in [0.05, 0.1) is 12.0 Å². The van der Waals surface area contributed by atoms with E-state index in [1.165, 1.54) is 0 Å². The van der Waals surface area contributed by atoms with Gasteiger partial charge >= 0.3 is 0 Å². The highest BCUT2D eigenvalue weighted by Crippen LogP contribution is 2.37. The van der Waals surface area contributed by atoms with E-state index in [-0.39, 0.29) is 17.6 Å². The highest BCUT2D eigenvalue weighted by molar-refractivity contribution is 5.77. The van der Waals surface area contributed by atoms with E-state index >= 15 is 0 Å². The summed E-state index contributed by atoms with van der Waals surface area (Å²) in [7, 11) is 1.70. The lowest BCUT2D eigenvalue weighted by atomic mass is 9.77. The maximum Gasteiger partial charge on any atom is 0.223 e. The maximum absolute atomic E-state index is 11.9. The molecule has 17 heavy (non-hydrogen) atoms. The van der Waals surface area contributed by atoms with E-state index in [1.54, 1.807) is 7.11 Å². The van der Waals surface area contributed by atoms with Gasteiger partial charge < -0.3 is 15.8 Å². The number of hydrogen-bond acceptors (Lipinski definition) is 3. The van der Waals surface area contributed by atoms with Gasteiger partial charge in [-0.25, -0.2) is 0 Å². The highest BCUT2D eigenvalue weighted by Gasteiger charge is 2.39. The Kier molecular flexibility index (Phi) is 5.92. The molecule has 1 unspecified atom stereocenters. The minimum absolute atomic E-state index is 0.0816. The van der Waals surface area contributed by atoms with Crippen LogP contribution in [0.2, 0.25) is 0 Å². The standard InChI is InChI=1S/C13H26N2O2/c1-3-4-6-11(10-14)15-12(16)9-13(17-2)7-5-8-13/h11H,3-10,14H2,1-2H3,(H,15,16). The first kappa shape index (κ1) is 14.5. The lowest BCUT2D eigenvalue weighted by Gasteiger charge is -2.40. The summed E-state index contributed by atoms with van der Waals surface area (Å²) in [6.07, 6.45) is 6.85. The number of hydrogen-bond donors (Lipinski definition) is 2. The monoisotopic (exact) mass is 242 g/mol. The van der Waals surface area contributed by atoms with Gasteiger partial charge in [0.2, 0.25) is 5.91 Å². The van der Waals surface area contributed by atoms with Crippen molar-refractivity contribution in [2.45, 2.75) is 63.5 Å². The van der Waals surface area contributed by atoms with Gasteiger partial charge in [0.25, 0.3) is 0 Å². The van der Waals surface area contributed by atoms with E-state index < -0.39 is 0 Å². The highest BCUT2D eigenvalue weighted by atomic mass is 16.5. The Hall–Kier alpha value is -0.610. The molecule has 1 saturated carbocycles. The van der Waals surface area contributed by atoms with Crippen molar-refractivity contribution in [2.24, 2.45) is 5.73 Å². The molecule has 0 aromatic heterocycles. The van der Waals surface area contributed by atoms with Crippen LogP contribution in [0.3, 0.4) is 0 Å². The first-order valence-electron chi connectivity index (χ1n) is 6.70. The second kappa shape index (κ2) is 6.97. The summed E-state index contributed by atoms with van der Waals surface area (Å²) >= 11 is 0. The molecule has 0 saturated heterocycles. The number of nitrogens with one attached hydrogen (secondary N) is 1. The third-order valence-corrected chi connectivity index (χ3v) is 3.74. The van der Waals surface area contributed by atoms with Gasteiger partial charge in [0.15, 0.2) is 0 Å². The number of methoxy groups -OCH3 is 1. The van der Waals surface area contributed by atoms with Crippen LogP contribution in [-0.2, 0) is 9.53 Å². The zero-order chi connectivity index (χ0) is 12.7. The third kappa shape index (κ3) is 4.28. The van der Waals surface area contributed by atoms with Crippen LogP contribution in [-0.4, -0.2) is 31.2 Å². The molecule has 4 nitrogen and oxygen atoms in total. The van der Waals surface area contributed by atoms with Crippen LogP contribution in [0, 0.1) is 0 Å². The molecule has 0 heterocycles. The molecule has 0 bridgehead atoms. The molecule has 0 radical (unpaired) electrons. The van der Waals surface area contributed by atoms with E-state index in [1.807, 2.05) is 0 Å². The summed E-state index contributed by atoms with van der Waals surface area (Å²) in [5.41, 5.74) is 5.47. The fourth-order valence-corrected chi connectivity index (χ4v) is 2.29. The quantitative estimate of drug-likeness (QED) is 0.679. The Bertz CT molecular complexity index is 234. The van der Waals surface area contributed by atoms with Crippen molar-refractivity contribution in [3.8, 4) is 0 Å². The summed E-state index contributed by atoms with van der Waals surface area (Å²) in [6, 6.07) is 0.122. The van der Waals surface area contributed by atoms with Gasteiger partial charge in [-0.05, 0) is 25.7 Å². The number of ether oxygens (including phenoxy) is 1. The molecule has 1 aliphatic carbocycles. The molecule has 100 valence electrons. The molecular formula is C13H26N2O2. The molecule has 1 fully saturated rings. The summed E-state index contributed by atoms with van der Waals surface area (Å²) in [6.45, 7) is 2.66. The van der Waals surface area contributed by atoms with E-state index in [9.17, 15) is 4.79 Å². The molecule has 1 rings (SSSR count). The second-order valence-electron chi connectivity index (χ2n) is 5.06. The van der Waals surface area contributed by atoms with Gasteiger partial charge in [-0.2, -0.15) is 0 Å². The van der Waals surface area contributed by atoms with Crippen LogP contribution < -0.4 is 11.1 Å². The zero-order valence-electron chi connectivity index (χ0n) is 11.1. The number of rotatable bonds is 8. The second-order valence-corrected chi connectivity index (χ2v) is 5.06. The van der Waals surface area contributed by atoms with Crippen molar-refractivity contribution in [3.63, 3.8) is 0 Å². The lowest BCUT2D eigenvalue weighted by molar-refractivity contribution is -0.134. The minimum Gasteiger partial charge on any atom is -0.378 e. The zero-order valence-corrected chi connectivity index (χ0v) is 11.1. The molecule has 0 aliphatic heterocycles. The van der Waals surface area contributed by atoms with Crippen molar-refractivity contribution >= 4 is 5.91 Å². The minimum atomic E-state index is -0.187. The van der Waals surface area contributed by atoms with Crippen molar-refractivity contribution in [3.05, 3.63) is 0 Å². The van der Waals surface area contributed by atoms with Crippen LogP contribution in [0.15, 0.2) is 0 Å². The van der Waals surface area contributed by atoms with Gasteiger partial charge in [0.1, 0.15) is 0 Å². The fourth-order valence-electron chi connectivity index (χ4n) is 2.29. The third-order valence-electron chi connectivity index (χ3n) is 3.74. The Morgan fingerprint density at radius 2 is 2.24 bits per heavy atom. The van der Waals surface area contributed by atoms with Crippen LogP contribution in [0.1, 0.15) is 51.9 Å². The van der Waals surface area contributed by atoms with Crippen LogP contribution >= 0.6 is 0 Å². The molecule has 1 aliphatic rings. The first-order valence-corrected chi connectivity index (χ1v) is 6.70. The van der Waals surface area contributed by atoms with Gasteiger partial charge in [0, 0.05) is 19.7 Å². The number of amides is 1. The Morgan fingerprint density at radius 3 is 2.65 bits per heavy atom. The molecule has 1 amide bonds. The smallest absolute Gasteiger partial charge is 0.223 e. The average Bonchev–Trinajstić information content (AvgIpc) is 2.29. The van der Waals surface area contributed by atoms with E-state index in [4.69, 9.17) is 10.5 Å². The molecule has 3 N–H and O–H groups in total. The fraction of sp³-hybridized carbons (Fsp3) is 0.923. The topological polar surface area (TPSA) is 64.3 Å². The van der Waals surface area contributed by atoms with Gasteiger partial charge in [-0.1, -0.05) is 19.8 Å². The summed E-state index contributed by atoms with van der Waals surface area (Å²) in [5, 5.41) is 3.02. The van der Waals surface area contributed by atoms with Crippen LogP contribution in [0.25, 0.3) is 0 Å². The molecule has 0 spiro atoms. The van der Waals surface area contributed by atoms with E-state index in [2.05, 4.69) is 12.2 Å². The van der Waals surface area contributed by atoms with E-state index in [0.717, 1.165) is 38.5 Å². The SMILES string of the molecule is CCCCC(CN)NC(=O)CC1(OC)CCC1. The van der Waals surface area contributed by atoms with Crippen molar-refractivity contribution in [1.82, 2.24) is 5.32 Å². The first-order chi connectivity index (χ1) is 8.15. The van der Waals surface area contributed by atoms with Crippen LogP contribution in [0.5, 0.6) is 0 Å².